The van der Waals surface area contributed by atoms with Gasteiger partial charge in [-0.1, -0.05) is 18.2 Å². The highest BCUT2D eigenvalue weighted by atomic mass is 15.2. The van der Waals surface area contributed by atoms with Crippen LogP contribution in [0.1, 0.15) is 37.7 Å². The van der Waals surface area contributed by atoms with E-state index in [2.05, 4.69) is 48.5 Å². The summed E-state index contributed by atoms with van der Waals surface area (Å²) in [5.74, 6) is 0. The molecule has 0 aliphatic carbocycles. The molecule has 2 nitrogen and oxygen atoms in total. The molecular weight excluding hydrogens is 220 g/mol. The van der Waals surface area contributed by atoms with Crippen molar-refractivity contribution >= 4 is 5.69 Å². The third-order valence-electron chi connectivity index (χ3n) is 4.78. The number of nitrogens with zero attached hydrogens (tertiary/aromatic N) is 1. The number of rotatable bonds is 2. The zero-order valence-corrected chi connectivity index (χ0v) is 11.5. The van der Waals surface area contributed by atoms with Gasteiger partial charge in [0.2, 0.25) is 0 Å². The second kappa shape index (κ2) is 4.93. The maximum absolute atomic E-state index is 3.49. The summed E-state index contributed by atoms with van der Waals surface area (Å²) in [5.41, 5.74) is 2.90. The first kappa shape index (κ1) is 12.0. The lowest BCUT2D eigenvalue weighted by Crippen LogP contribution is -2.56. The molecule has 0 amide bonds. The van der Waals surface area contributed by atoms with Gasteiger partial charge in [0.15, 0.2) is 0 Å². The van der Waals surface area contributed by atoms with E-state index in [-0.39, 0.29) is 0 Å². The topological polar surface area (TPSA) is 15.3 Å². The minimum absolute atomic E-state index is 0.723. The second-order valence-electron chi connectivity index (χ2n) is 5.89. The van der Waals surface area contributed by atoms with Crippen molar-refractivity contribution in [3.8, 4) is 0 Å². The molecule has 2 saturated heterocycles. The van der Waals surface area contributed by atoms with Crippen LogP contribution in [0.5, 0.6) is 0 Å². The number of anilines is 1. The van der Waals surface area contributed by atoms with Crippen molar-refractivity contribution in [2.75, 3.05) is 11.9 Å². The molecule has 3 rings (SSSR count). The van der Waals surface area contributed by atoms with Gasteiger partial charge in [0.1, 0.15) is 0 Å². The maximum Gasteiger partial charge on any atom is 0.0400 e. The summed E-state index contributed by atoms with van der Waals surface area (Å²) in [6, 6.07) is 11.1. The molecule has 2 aliphatic heterocycles. The van der Waals surface area contributed by atoms with Crippen LogP contribution in [0.2, 0.25) is 0 Å². The van der Waals surface area contributed by atoms with Gasteiger partial charge in [-0.25, -0.2) is 0 Å². The van der Waals surface area contributed by atoms with Crippen molar-refractivity contribution in [1.29, 1.82) is 0 Å². The molecule has 2 unspecified atom stereocenters. The second-order valence-corrected chi connectivity index (χ2v) is 5.89. The fraction of sp³-hybridized carbons (Fsp3) is 0.625. The van der Waals surface area contributed by atoms with Crippen LogP contribution in [0.25, 0.3) is 0 Å². The fourth-order valence-electron chi connectivity index (χ4n) is 3.86. The first-order chi connectivity index (χ1) is 8.79. The minimum atomic E-state index is 0.723. The van der Waals surface area contributed by atoms with Crippen molar-refractivity contribution in [2.45, 2.75) is 57.2 Å². The Bertz CT molecular complexity index is 401. The summed E-state index contributed by atoms with van der Waals surface area (Å²) >= 11 is 0. The molecule has 18 heavy (non-hydrogen) atoms. The van der Waals surface area contributed by atoms with Crippen molar-refractivity contribution in [3.05, 3.63) is 29.8 Å². The summed E-state index contributed by atoms with van der Waals surface area (Å²) in [6.07, 6.45) is 6.75. The standard InChI is InChI=1S/C16H24N2/c1-12-6-3-4-9-16(12)18-14-7-5-8-15(18)11-13(10-14)17-2/h3-4,6,9,13-15,17H,5,7-8,10-11H2,1-2H3. The maximum atomic E-state index is 3.49. The smallest absolute Gasteiger partial charge is 0.0400 e. The van der Waals surface area contributed by atoms with Crippen molar-refractivity contribution in [2.24, 2.45) is 0 Å². The number of benzene rings is 1. The summed E-state index contributed by atoms with van der Waals surface area (Å²) < 4.78 is 0. The van der Waals surface area contributed by atoms with Crippen molar-refractivity contribution in [1.82, 2.24) is 5.32 Å². The first-order valence-corrected chi connectivity index (χ1v) is 7.31. The predicted octanol–water partition coefficient (Wildman–Crippen LogP) is 3.10. The monoisotopic (exact) mass is 244 g/mol. The van der Waals surface area contributed by atoms with Crippen LogP contribution in [0.15, 0.2) is 24.3 Å². The van der Waals surface area contributed by atoms with Crippen LogP contribution in [-0.2, 0) is 0 Å². The molecule has 2 heteroatoms. The number of nitrogens with one attached hydrogen (secondary N) is 1. The Morgan fingerprint density at radius 1 is 1.11 bits per heavy atom. The van der Waals surface area contributed by atoms with Gasteiger partial charge in [0.25, 0.3) is 0 Å². The van der Waals surface area contributed by atoms with E-state index in [4.69, 9.17) is 0 Å². The molecule has 98 valence electrons. The van der Waals surface area contributed by atoms with Crippen LogP contribution in [-0.4, -0.2) is 25.2 Å². The highest BCUT2D eigenvalue weighted by Gasteiger charge is 2.38. The Labute approximate surface area is 110 Å². The first-order valence-electron chi connectivity index (χ1n) is 7.31. The quantitative estimate of drug-likeness (QED) is 0.860. The molecule has 1 aromatic carbocycles. The van der Waals surface area contributed by atoms with Crippen LogP contribution < -0.4 is 10.2 Å². The van der Waals surface area contributed by atoms with Crippen LogP contribution >= 0.6 is 0 Å². The Balaban J connectivity index is 1.90. The molecular formula is C16H24N2. The summed E-state index contributed by atoms with van der Waals surface area (Å²) in [4.78, 5) is 2.73. The Kier molecular flexibility index (Phi) is 3.29. The number of fused-ring (bicyclic) bond motifs is 2. The van der Waals surface area contributed by atoms with Crippen molar-refractivity contribution < 1.29 is 0 Å². The molecule has 2 aliphatic rings. The summed E-state index contributed by atoms with van der Waals surface area (Å²) in [6.45, 7) is 2.25. The normalized spacial score (nSPS) is 31.4. The van der Waals surface area contributed by atoms with Gasteiger partial charge in [-0.2, -0.15) is 0 Å². The van der Waals surface area contributed by atoms with E-state index in [1.165, 1.54) is 43.4 Å². The van der Waals surface area contributed by atoms with Gasteiger partial charge in [-0.05, 0) is 57.7 Å². The summed E-state index contributed by atoms with van der Waals surface area (Å²) in [5, 5.41) is 3.49. The lowest BCUT2D eigenvalue weighted by molar-refractivity contribution is 0.252. The molecule has 1 N–H and O–H groups in total. The van der Waals surface area contributed by atoms with E-state index in [1.807, 2.05) is 0 Å². The highest BCUT2D eigenvalue weighted by molar-refractivity contribution is 5.55. The zero-order valence-electron chi connectivity index (χ0n) is 11.5. The summed E-state index contributed by atoms with van der Waals surface area (Å²) in [7, 11) is 2.11. The van der Waals surface area contributed by atoms with E-state index in [0.717, 1.165) is 18.1 Å². The SMILES string of the molecule is CNC1CC2CCCC(C1)N2c1ccccc1C. The average Bonchev–Trinajstić information content (AvgIpc) is 2.38. The molecule has 1 aromatic rings. The molecule has 2 atom stereocenters. The van der Waals surface area contributed by atoms with Gasteiger partial charge in [0.05, 0.1) is 0 Å². The molecule has 2 heterocycles. The molecule has 2 fully saturated rings. The molecule has 0 saturated carbocycles. The van der Waals surface area contributed by atoms with Crippen LogP contribution in [0, 0.1) is 6.92 Å². The number of hydrogen-bond acceptors (Lipinski definition) is 2. The highest BCUT2D eigenvalue weighted by Crippen LogP contribution is 2.38. The number of hydrogen-bond donors (Lipinski definition) is 1. The third kappa shape index (κ3) is 2.03. The fourth-order valence-corrected chi connectivity index (χ4v) is 3.86. The Hall–Kier alpha value is -1.02. The number of para-hydroxylation sites is 1. The number of piperidine rings is 2. The molecule has 2 bridgehead atoms. The van der Waals surface area contributed by atoms with E-state index in [0.29, 0.717) is 0 Å². The molecule has 0 radical (unpaired) electrons. The van der Waals surface area contributed by atoms with Crippen LogP contribution in [0.4, 0.5) is 5.69 Å². The number of aryl methyl sites for hydroxylation is 1. The Morgan fingerprint density at radius 2 is 1.78 bits per heavy atom. The van der Waals surface area contributed by atoms with Gasteiger partial charge >= 0.3 is 0 Å². The predicted molar refractivity (Wildman–Crippen MR) is 77.2 cm³/mol. The molecule has 0 spiro atoms. The van der Waals surface area contributed by atoms with Gasteiger partial charge < -0.3 is 10.2 Å². The third-order valence-corrected chi connectivity index (χ3v) is 4.78. The van der Waals surface area contributed by atoms with E-state index in [9.17, 15) is 0 Å². The average molecular weight is 244 g/mol. The van der Waals surface area contributed by atoms with Gasteiger partial charge in [-0.3, -0.25) is 0 Å². The minimum Gasteiger partial charge on any atom is -0.365 e. The zero-order chi connectivity index (χ0) is 12.5. The van der Waals surface area contributed by atoms with E-state index >= 15 is 0 Å². The van der Waals surface area contributed by atoms with Crippen LogP contribution in [0.3, 0.4) is 0 Å². The van der Waals surface area contributed by atoms with E-state index in [1.54, 1.807) is 0 Å². The largest absolute Gasteiger partial charge is 0.365 e. The lowest BCUT2D eigenvalue weighted by atomic mass is 9.81. The Morgan fingerprint density at radius 3 is 2.39 bits per heavy atom. The van der Waals surface area contributed by atoms with Gasteiger partial charge in [0, 0.05) is 23.8 Å². The molecule has 0 aromatic heterocycles. The van der Waals surface area contributed by atoms with E-state index < -0.39 is 0 Å². The van der Waals surface area contributed by atoms with Gasteiger partial charge in [-0.15, -0.1) is 0 Å². The lowest BCUT2D eigenvalue weighted by Gasteiger charge is -2.50. The van der Waals surface area contributed by atoms with Crippen molar-refractivity contribution in [3.63, 3.8) is 0 Å².